The van der Waals surface area contributed by atoms with Crippen molar-refractivity contribution in [2.45, 2.75) is 19.9 Å². The first-order valence-electron chi connectivity index (χ1n) is 11.2. The molecule has 0 spiro atoms. The van der Waals surface area contributed by atoms with E-state index in [1.54, 1.807) is 13.0 Å². The molecule has 0 aliphatic carbocycles. The lowest BCUT2D eigenvalue weighted by molar-refractivity contribution is -0.139. The van der Waals surface area contributed by atoms with E-state index in [2.05, 4.69) is 45.6 Å². The van der Waals surface area contributed by atoms with Crippen molar-refractivity contribution < 1.29 is 14.3 Å². The molecule has 7 nitrogen and oxygen atoms in total. The lowest BCUT2D eigenvalue weighted by Crippen LogP contribution is -2.52. The summed E-state index contributed by atoms with van der Waals surface area (Å²) < 4.78 is 5.36. The van der Waals surface area contributed by atoms with Crippen LogP contribution in [0.25, 0.3) is 0 Å². The number of halogens is 1. The fourth-order valence-electron chi connectivity index (χ4n) is 4.42. The SMILES string of the molecule is CCOC(=O)C1=C(CN2CCN(c3ccccc3C)CC2)NC(=O)N[C@@H]1c1ccccc1Cl. The van der Waals surface area contributed by atoms with Crippen LogP contribution in [-0.2, 0) is 9.53 Å². The molecule has 1 atom stereocenters. The summed E-state index contributed by atoms with van der Waals surface area (Å²) in [6.07, 6.45) is 0. The third kappa shape index (κ3) is 5.15. The van der Waals surface area contributed by atoms with Gasteiger partial charge in [0.1, 0.15) is 0 Å². The van der Waals surface area contributed by atoms with E-state index in [-0.39, 0.29) is 12.6 Å². The molecule has 2 heterocycles. The Morgan fingerprint density at radius 3 is 2.48 bits per heavy atom. The molecule has 1 saturated heterocycles. The van der Waals surface area contributed by atoms with Gasteiger partial charge in [-0.3, -0.25) is 4.90 Å². The highest BCUT2D eigenvalue weighted by molar-refractivity contribution is 6.31. The first-order chi connectivity index (χ1) is 16.0. The predicted octanol–water partition coefficient (Wildman–Crippen LogP) is 3.64. The van der Waals surface area contributed by atoms with Crippen molar-refractivity contribution in [3.05, 3.63) is 76.0 Å². The van der Waals surface area contributed by atoms with Crippen LogP contribution in [0, 0.1) is 6.92 Å². The molecule has 2 aromatic carbocycles. The number of rotatable bonds is 6. The zero-order valence-electron chi connectivity index (χ0n) is 18.9. The first-order valence-corrected chi connectivity index (χ1v) is 11.6. The quantitative estimate of drug-likeness (QED) is 0.633. The molecule has 4 rings (SSSR count). The summed E-state index contributed by atoms with van der Waals surface area (Å²) >= 11 is 6.42. The number of esters is 1. The van der Waals surface area contributed by atoms with Gasteiger partial charge in [0.25, 0.3) is 0 Å². The number of carbonyl (C=O) groups excluding carboxylic acids is 2. The number of ether oxygens (including phenoxy) is 1. The smallest absolute Gasteiger partial charge is 0.338 e. The van der Waals surface area contributed by atoms with Crippen LogP contribution in [-0.4, -0.2) is 56.2 Å². The van der Waals surface area contributed by atoms with Gasteiger partial charge in [0.05, 0.1) is 18.2 Å². The summed E-state index contributed by atoms with van der Waals surface area (Å²) in [5.74, 6) is -0.455. The van der Waals surface area contributed by atoms with Gasteiger partial charge < -0.3 is 20.3 Å². The second-order valence-electron chi connectivity index (χ2n) is 8.22. The van der Waals surface area contributed by atoms with Crippen LogP contribution in [0.2, 0.25) is 5.02 Å². The number of amides is 2. The standard InChI is InChI=1S/C25H29ClN4O3/c1-3-33-24(31)22-20(27-25(32)28-23(22)18-9-5-6-10-19(18)26)16-29-12-14-30(15-13-29)21-11-7-4-8-17(21)2/h4-11,23H,3,12-16H2,1-2H3,(H2,27,28,32)/t23-/m1/s1. The van der Waals surface area contributed by atoms with Gasteiger partial charge in [0, 0.05) is 49.1 Å². The number of para-hydroxylation sites is 1. The molecular weight excluding hydrogens is 440 g/mol. The Bertz CT molecular complexity index is 1060. The van der Waals surface area contributed by atoms with Gasteiger partial charge in [0.2, 0.25) is 0 Å². The molecule has 2 aromatic rings. The first kappa shape index (κ1) is 23.1. The average molecular weight is 469 g/mol. The highest BCUT2D eigenvalue weighted by Gasteiger charge is 2.35. The molecule has 174 valence electrons. The number of anilines is 1. The Morgan fingerprint density at radius 1 is 1.09 bits per heavy atom. The summed E-state index contributed by atoms with van der Waals surface area (Å²) in [6.45, 7) is 7.94. The molecule has 0 saturated carbocycles. The lowest BCUT2D eigenvalue weighted by atomic mass is 9.94. The molecule has 8 heteroatoms. The molecule has 2 aliphatic heterocycles. The summed E-state index contributed by atoms with van der Waals surface area (Å²) in [7, 11) is 0. The monoisotopic (exact) mass is 468 g/mol. The van der Waals surface area contributed by atoms with Crippen LogP contribution in [0.15, 0.2) is 59.8 Å². The fraction of sp³-hybridized carbons (Fsp3) is 0.360. The summed E-state index contributed by atoms with van der Waals surface area (Å²) in [6, 6.07) is 14.6. The van der Waals surface area contributed by atoms with Gasteiger partial charge in [-0.15, -0.1) is 0 Å². The summed E-state index contributed by atoms with van der Waals surface area (Å²) in [5.41, 5.74) is 4.13. The number of aryl methyl sites for hydroxylation is 1. The molecule has 0 radical (unpaired) electrons. The third-order valence-electron chi connectivity index (χ3n) is 6.08. The van der Waals surface area contributed by atoms with Crippen molar-refractivity contribution in [3.63, 3.8) is 0 Å². The summed E-state index contributed by atoms with van der Waals surface area (Å²) in [5, 5.41) is 6.18. The minimum Gasteiger partial charge on any atom is -0.463 e. The largest absolute Gasteiger partial charge is 0.463 e. The normalized spacial score (nSPS) is 19.2. The Labute approximate surface area is 199 Å². The van der Waals surface area contributed by atoms with Crippen molar-refractivity contribution in [2.24, 2.45) is 0 Å². The highest BCUT2D eigenvalue weighted by atomic mass is 35.5. The van der Waals surface area contributed by atoms with Gasteiger partial charge in [-0.05, 0) is 37.1 Å². The van der Waals surface area contributed by atoms with E-state index >= 15 is 0 Å². The van der Waals surface area contributed by atoms with Crippen LogP contribution in [0.5, 0.6) is 0 Å². The van der Waals surface area contributed by atoms with Gasteiger partial charge in [0.15, 0.2) is 0 Å². The predicted molar refractivity (Wildman–Crippen MR) is 129 cm³/mol. The minimum absolute atomic E-state index is 0.244. The van der Waals surface area contributed by atoms with Crippen molar-refractivity contribution >= 4 is 29.3 Å². The van der Waals surface area contributed by atoms with Crippen LogP contribution in [0.4, 0.5) is 10.5 Å². The Balaban J connectivity index is 1.57. The third-order valence-corrected chi connectivity index (χ3v) is 6.42. The second kappa shape index (κ2) is 10.3. The molecule has 2 amide bonds. The Morgan fingerprint density at radius 2 is 1.79 bits per heavy atom. The van der Waals surface area contributed by atoms with E-state index in [9.17, 15) is 9.59 Å². The maximum absolute atomic E-state index is 13.0. The number of nitrogens with one attached hydrogen (secondary N) is 2. The van der Waals surface area contributed by atoms with E-state index in [0.29, 0.717) is 28.4 Å². The maximum Gasteiger partial charge on any atom is 0.338 e. The number of piperazine rings is 1. The topological polar surface area (TPSA) is 73.9 Å². The number of carbonyl (C=O) groups is 2. The molecular formula is C25H29ClN4O3. The van der Waals surface area contributed by atoms with Crippen molar-refractivity contribution in [3.8, 4) is 0 Å². The highest BCUT2D eigenvalue weighted by Crippen LogP contribution is 2.32. The van der Waals surface area contributed by atoms with Crippen LogP contribution in [0.3, 0.4) is 0 Å². The van der Waals surface area contributed by atoms with Crippen molar-refractivity contribution in [1.82, 2.24) is 15.5 Å². The maximum atomic E-state index is 13.0. The van der Waals surface area contributed by atoms with Crippen molar-refractivity contribution in [2.75, 3.05) is 44.2 Å². The van der Waals surface area contributed by atoms with E-state index < -0.39 is 12.0 Å². The molecule has 1 fully saturated rings. The zero-order chi connectivity index (χ0) is 23.4. The zero-order valence-corrected chi connectivity index (χ0v) is 19.7. The second-order valence-corrected chi connectivity index (χ2v) is 8.62. The van der Waals surface area contributed by atoms with E-state index in [1.807, 2.05) is 24.3 Å². The number of benzene rings is 2. The number of nitrogens with zero attached hydrogens (tertiary/aromatic N) is 2. The van der Waals surface area contributed by atoms with Gasteiger partial charge in [-0.1, -0.05) is 48.0 Å². The molecule has 2 N–H and O–H groups in total. The number of urea groups is 1. The fourth-order valence-corrected chi connectivity index (χ4v) is 4.67. The molecule has 2 aliphatic rings. The molecule has 0 aromatic heterocycles. The molecule has 0 unspecified atom stereocenters. The Hall–Kier alpha value is -3.03. The van der Waals surface area contributed by atoms with E-state index in [0.717, 1.165) is 26.2 Å². The van der Waals surface area contributed by atoms with E-state index in [1.165, 1.54) is 11.3 Å². The average Bonchev–Trinajstić information content (AvgIpc) is 2.80. The van der Waals surface area contributed by atoms with Crippen LogP contribution >= 0.6 is 11.6 Å². The van der Waals surface area contributed by atoms with Crippen LogP contribution < -0.4 is 15.5 Å². The minimum atomic E-state index is -0.672. The van der Waals surface area contributed by atoms with Crippen molar-refractivity contribution in [1.29, 1.82) is 0 Å². The molecule has 33 heavy (non-hydrogen) atoms. The molecule has 0 bridgehead atoms. The van der Waals surface area contributed by atoms with Gasteiger partial charge >= 0.3 is 12.0 Å². The summed E-state index contributed by atoms with van der Waals surface area (Å²) in [4.78, 5) is 30.1. The number of hydrogen-bond acceptors (Lipinski definition) is 5. The van der Waals surface area contributed by atoms with Gasteiger partial charge in [-0.25, -0.2) is 9.59 Å². The van der Waals surface area contributed by atoms with Crippen LogP contribution in [0.1, 0.15) is 24.1 Å². The Kier molecular flexibility index (Phi) is 7.20. The number of hydrogen-bond donors (Lipinski definition) is 2. The van der Waals surface area contributed by atoms with Gasteiger partial charge in [-0.2, -0.15) is 0 Å². The van der Waals surface area contributed by atoms with E-state index in [4.69, 9.17) is 16.3 Å². The lowest BCUT2D eigenvalue weighted by Gasteiger charge is -2.38.